The van der Waals surface area contributed by atoms with Gasteiger partial charge in [0.1, 0.15) is 48.8 Å². The number of hydrogen-bond donors (Lipinski definition) is 9. The molecule has 14 nitrogen and oxygen atoms in total. The number of carbonyl (C=O) groups excluding carboxylic acids is 1. The number of ether oxygens (including phenoxy) is 4. The average Bonchev–Trinajstić information content (AvgIpc) is 3.47. The van der Waals surface area contributed by atoms with E-state index < -0.39 is 86.8 Å². The number of nitrogens with one attached hydrogen (secondary N) is 1. The molecule has 0 spiro atoms. The third kappa shape index (κ3) is 33.8. The highest BCUT2D eigenvalue weighted by molar-refractivity contribution is 5.76. The maximum Gasteiger partial charge on any atom is 0.220 e. The molecule has 78 heavy (non-hydrogen) atoms. The van der Waals surface area contributed by atoms with Crippen molar-refractivity contribution < 1.29 is 64.6 Å². The summed E-state index contributed by atoms with van der Waals surface area (Å²) in [6, 6.07) is -0.939. The molecule has 2 aliphatic heterocycles. The lowest BCUT2D eigenvalue weighted by Gasteiger charge is -2.46. The first-order chi connectivity index (χ1) is 38.1. The highest BCUT2D eigenvalue weighted by Crippen LogP contribution is 2.30. The molecule has 1 amide bonds. The van der Waals surface area contributed by atoms with Crippen LogP contribution < -0.4 is 5.32 Å². The fraction of sp³-hybridized carbons (Fsp3) is 0.766. The zero-order valence-electron chi connectivity index (χ0n) is 48.4. The van der Waals surface area contributed by atoms with Crippen LogP contribution in [0.25, 0.3) is 0 Å². The smallest absolute Gasteiger partial charge is 0.220 e. The molecular formula is C64H111NO13. The molecule has 2 heterocycles. The SMILES string of the molecule is CC/C=C\C/C=C\C/C=C\C/C=C\CCCCCCCCCCCCCCCCCCCCCCC(=O)NC(COC1OC(CO)C(OC2OC(CO)C(O)C(O)C2O)C(O)C1O)C(O)/C=C/CC/C=C/CC/C=C/CCC. The van der Waals surface area contributed by atoms with Crippen molar-refractivity contribution in [2.24, 2.45) is 0 Å². The van der Waals surface area contributed by atoms with Gasteiger partial charge in [-0.3, -0.25) is 4.79 Å². The highest BCUT2D eigenvalue weighted by Gasteiger charge is 2.51. The minimum absolute atomic E-state index is 0.256. The van der Waals surface area contributed by atoms with E-state index in [0.717, 1.165) is 77.0 Å². The number of rotatable bonds is 48. The molecule has 0 radical (unpaired) electrons. The molecule has 0 aromatic rings. The first-order valence-corrected chi connectivity index (χ1v) is 30.8. The van der Waals surface area contributed by atoms with Crippen LogP contribution in [0.2, 0.25) is 0 Å². The van der Waals surface area contributed by atoms with E-state index in [2.05, 4.69) is 92.1 Å². The van der Waals surface area contributed by atoms with Gasteiger partial charge in [-0.25, -0.2) is 0 Å². The summed E-state index contributed by atoms with van der Waals surface area (Å²) in [4.78, 5) is 13.2. The van der Waals surface area contributed by atoms with Gasteiger partial charge in [-0.2, -0.15) is 0 Å². The normalized spacial score (nSPS) is 25.2. The van der Waals surface area contributed by atoms with Crippen molar-refractivity contribution in [1.29, 1.82) is 0 Å². The maximum absolute atomic E-state index is 13.2. The summed E-state index contributed by atoms with van der Waals surface area (Å²) in [6.45, 7) is 2.57. The van der Waals surface area contributed by atoms with Gasteiger partial charge in [-0.15, -0.1) is 0 Å². The number of hydrogen-bond acceptors (Lipinski definition) is 13. The Balaban J connectivity index is 1.62. The van der Waals surface area contributed by atoms with Gasteiger partial charge >= 0.3 is 0 Å². The lowest BCUT2D eigenvalue weighted by molar-refractivity contribution is -0.359. The van der Waals surface area contributed by atoms with Crippen LogP contribution in [0.3, 0.4) is 0 Å². The average molecular weight is 1100 g/mol. The van der Waals surface area contributed by atoms with Crippen LogP contribution in [-0.4, -0.2) is 140 Å². The van der Waals surface area contributed by atoms with Crippen LogP contribution in [-0.2, 0) is 23.7 Å². The maximum atomic E-state index is 13.2. The fourth-order valence-corrected chi connectivity index (χ4v) is 9.62. The molecule has 0 aromatic heterocycles. The van der Waals surface area contributed by atoms with Gasteiger partial charge in [0, 0.05) is 6.42 Å². The van der Waals surface area contributed by atoms with Crippen molar-refractivity contribution in [2.75, 3.05) is 19.8 Å². The summed E-state index contributed by atoms with van der Waals surface area (Å²) in [7, 11) is 0. The summed E-state index contributed by atoms with van der Waals surface area (Å²) >= 11 is 0. The summed E-state index contributed by atoms with van der Waals surface area (Å²) in [5, 5.41) is 86.9. The van der Waals surface area contributed by atoms with Gasteiger partial charge in [-0.1, -0.05) is 221 Å². The summed E-state index contributed by atoms with van der Waals surface area (Å²) in [5.74, 6) is -0.256. The van der Waals surface area contributed by atoms with E-state index >= 15 is 0 Å². The van der Waals surface area contributed by atoms with Gasteiger partial charge in [0.2, 0.25) is 5.91 Å². The van der Waals surface area contributed by atoms with Crippen LogP contribution in [0.15, 0.2) is 85.1 Å². The molecule has 0 saturated carbocycles. The largest absolute Gasteiger partial charge is 0.394 e. The molecule has 2 fully saturated rings. The topological polar surface area (TPSA) is 228 Å². The van der Waals surface area contributed by atoms with E-state index in [4.69, 9.17) is 18.9 Å². The zero-order chi connectivity index (χ0) is 56.7. The first kappa shape index (κ1) is 71.3. The Morgan fingerprint density at radius 3 is 1.40 bits per heavy atom. The summed E-state index contributed by atoms with van der Waals surface area (Å²) in [6.07, 6.45) is 49.5. The summed E-state index contributed by atoms with van der Waals surface area (Å²) in [5.41, 5.74) is 0. The molecule has 0 aliphatic carbocycles. The Kier molecular flexibility index (Phi) is 44.6. The number of aliphatic hydroxyl groups is 8. The van der Waals surface area contributed by atoms with Gasteiger partial charge in [0.15, 0.2) is 12.6 Å². The lowest BCUT2D eigenvalue weighted by Crippen LogP contribution is -2.65. The van der Waals surface area contributed by atoms with Crippen molar-refractivity contribution in [3.05, 3.63) is 85.1 Å². The predicted octanol–water partition coefficient (Wildman–Crippen LogP) is 10.9. The van der Waals surface area contributed by atoms with E-state index in [1.807, 2.05) is 6.08 Å². The van der Waals surface area contributed by atoms with Gasteiger partial charge in [-0.05, 0) is 77.0 Å². The summed E-state index contributed by atoms with van der Waals surface area (Å²) < 4.78 is 22.7. The number of carbonyl (C=O) groups is 1. The number of aliphatic hydroxyl groups excluding tert-OH is 8. The van der Waals surface area contributed by atoms with Gasteiger partial charge in [0.25, 0.3) is 0 Å². The number of allylic oxidation sites excluding steroid dienone is 13. The zero-order valence-corrected chi connectivity index (χ0v) is 48.4. The molecule has 12 unspecified atom stereocenters. The van der Waals surface area contributed by atoms with Gasteiger partial charge in [0.05, 0.1) is 32.0 Å². The van der Waals surface area contributed by atoms with E-state index in [0.29, 0.717) is 12.8 Å². The van der Waals surface area contributed by atoms with Crippen molar-refractivity contribution in [2.45, 2.75) is 293 Å². The molecule has 2 saturated heterocycles. The third-order valence-corrected chi connectivity index (χ3v) is 14.5. The molecule has 9 N–H and O–H groups in total. The second-order valence-electron chi connectivity index (χ2n) is 21.4. The minimum atomic E-state index is -1.79. The Morgan fingerprint density at radius 1 is 0.474 bits per heavy atom. The molecular weight excluding hydrogens is 991 g/mol. The van der Waals surface area contributed by atoms with Gasteiger partial charge < -0.3 is 65.1 Å². The van der Waals surface area contributed by atoms with Crippen LogP contribution in [0.4, 0.5) is 0 Å². The first-order valence-electron chi connectivity index (χ1n) is 30.8. The third-order valence-electron chi connectivity index (χ3n) is 14.5. The van der Waals surface area contributed by atoms with Crippen molar-refractivity contribution in [3.8, 4) is 0 Å². The second-order valence-corrected chi connectivity index (χ2v) is 21.4. The Bertz CT molecular complexity index is 1630. The van der Waals surface area contributed by atoms with E-state index in [-0.39, 0.29) is 18.9 Å². The van der Waals surface area contributed by atoms with Crippen LogP contribution in [0.1, 0.15) is 219 Å². The predicted molar refractivity (Wildman–Crippen MR) is 313 cm³/mol. The number of unbranched alkanes of at least 4 members (excludes halogenated alkanes) is 23. The van der Waals surface area contributed by atoms with E-state index in [9.17, 15) is 45.6 Å². The molecule has 14 heteroatoms. The molecule has 0 bridgehead atoms. The van der Waals surface area contributed by atoms with E-state index in [1.165, 1.54) is 109 Å². The second kappa shape index (κ2) is 48.8. The Labute approximate surface area is 471 Å². The Morgan fingerprint density at radius 2 is 0.897 bits per heavy atom. The monoisotopic (exact) mass is 1100 g/mol. The van der Waals surface area contributed by atoms with Crippen LogP contribution >= 0.6 is 0 Å². The molecule has 2 aliphatic rings. The van der Waals surface area contributed by atoms with E-state index in [1.54, 1.807) is 6.08 Å². The molecule has 2 rings (SSSR count). The molecule has 450 valence electrons. The minimum Gasteiger partial charge on any atom is -0.394 e. The van der Waals surface area contributed by atoms with Crippen LogP contribution in [0.5, 0.6) is 0 Å². The van der Waals surface area contributed by atoms with Crippen molar-refractivity contribution in [3.63, 3.8) is 0 Å². The van der Waals surface area contributed by atoms with Crippen molar-refractivity contribution >= 4 is 5.91 Å². The number of amides is 1. The van der Waals surface area contributed by atoms with Crippen LogP contribution in [0, 0.1) is 0 Å². The fourth-order valence-electron chi connectivity index (χ4n) is 9.62. The Hall–Kier alpha value is -2.83. The molecule has 12 atom stereocenters. The highest BCUT2D eigenvalue weighted by atomic mass is 16.7. The quantitative estimate of drug-likeness (QED) is 0.0204. The molecule has 0 aromatic carbocycles. The van der Waals surface area contributed by atoms with Crippen molar-refractivity contribution in [1.82, 2.24) is 5.32 Å². The standard InChI is InChI=1S/C64H111NO13/c1-3-5-7-9-11-13-15-16-17-18-19-20-21-22-23-24-25-26-27-28-29-30-31-32-33-34-35-36-38-40-42-44-46-48-56(69)65-52(53(68)47-45-43-41-39-37-14-12-10-8-6-4-2)51-75-63-61(74)59(72)62(55(50-67)77-63)78-64-60(73)58(71)57(70)54(49-66)76-64/h5,7-8,10-11,13,16-17,19-20,37,39,45,47,52-55,57-64,66-68,70-74H,3-4,6,9,12,14-15,18,21-36,38,40-44,46,48-51H2,1-2H3,(H,65,69)/b7-5-,10-8+,13-11-,17-16-,20-19-,39-37+,47-45+. The lowest BCUT2D eigenvalue weighted by atomic mass is 9.97.